The van der Waals surface area contributed by atoms with Gasteiger partial charge in [-0.2, -0.15) is 4.37 Å². The van der Waals surface area contributed by atoms with E-state index in [0.717, 1.165) is 24.4 Å². The van der Waals surface area contributed by atoms with E-state index in [4.69, 9.17) is 10.5 Å². The minimum absolute atomic E-state index is 0.0676. The van der Waals surface area contributed by atoms with Crippen LogP contribution >= 0.6 is 11.5 Å². The molecule has 1 unspecified atom stereocenters. The van der Waals surface area contributed by atoms with E-state index in [2.05, 4.69) is 16.6 Å². The Labute approximate surface area is 123 Å². The van der Waals surface area contributed by atoms with Gasteiger partial charge in [0.1, 0.15) is 9.90 Å². The average molecular weight is 319 g/mol. The molecule has 1 fully saturated rings. The van der Waals surface area contributed by atoms with E-state index in [1.165, 1.54) is 0 Å². The predicted molar refractivity (Wildman–Crippen MR) is 80.9 cm³/mol. The third kappa shape index (κ3) is 3.24. The van der Waals surface area contributed by atoms with Gasteiger partial charge in [-0.3, -0.25) is 0 Å². The molecule has 2 rings (SSSR count). The molecule has 20 heavy (non-hydrogen) atoms. The minimum atomic E-state index is -3.34. The summed E-state index contributed by atoms with van der Waals surface area (Å²) in [5.41, 5.74) is 5.77. The van der Waals surface area contributed by atoms with Crippen LogP contribution in [0.25, 0.3) is 0 Å². The van der Waals surface area contributed by atoms with Crippen LogP contribution in [0, 0.1) is 0 Å². The lowest BCUT2D eigenvalue weighted by atomic mass is 10.2. The summed E-state index contributed by atoms with van der Waals surface area (Å²) >= 11 is 1.11. The van der Waals surface area contributed by atoms with Gasteiger partial charge in [-0.25, -0.2) is 8.42 Å². The van der Waals surface area contributed by atoms with Crippen molar-refractivity contribution in [3.05, 3.63) is 0 Å². The topological polar surface area (TPSA) is 94.3 Å². The Bertz CT molecular complexity index is 546. The van der Waals surface area contributed by atoms with Gasteiger partial charge < -0.3 is 15.8 Å². The fourth-order valence-corrected chi connectivity index (χ4v) is 5.09. The van der Waals surface area contributed by atoms with E-state index in [-0.39, 0.29) is 22.0 Å². The van der Waals surface area contributed by atoms with Gasteiger partial charge in [0.2, 0.25) is 0 Å². The SMILES string of the molecule is CCCC(COC)Nc1snc(N)c1S(=O)(=O)C1CC1. The first-order valence-electron chi connectivity index (χ1n) is 6.75. The zero-order valence-electron chi connectivity index (χ0n) is 11.8. The summed E-state index contributed by atoms with van der Waals surface area (Å²) < 4.78 is 34.0. The number of nitrogen functional groups attached to an aromatic ring is 1. The molecule has 114 valence electrons. The van der Waals surface area contributed by atoms with Gasteiger partial charge in [-0.15, -0.1) is 0 Å². The van der Waals surface area contributed by atoms with Gasteiger partial charge in [-0.1, -0.05) is 13.3 Å². The maximum Gasteiger partial charge on any atom is 0.187 e. The van der Waals surface area contributed by atoms with Crippen LogP contribution in [0.15, 0.2) is 4.90 Å². The smallest absolute Gasteiger partial charge is 0.187 e. The lowest BCUT2D eigenvalue weighted by Gasteiger charge is -2.18. The van der Waals surface area contributed by atoms with Gasteiger partial charge >= 0.3 is 0 Å². The monoisotopic (exact) mass is 319 g/mol. The van der Waals surface area contributed by atoms with Gasteiger partial charge in [0, 0.05) is 7.11 Å². The molecule has 1 aromatic rings. The number of nitrogens with two attached hydrogens (primary N) is 1. The Morgan fingerprint density at radius 3 is 2.80 bits per heavy atom. The number of hydrogen-bond acceptors (Lipinski definition) is 7. The molecule has 1 saturated carbocycles. The average Bonchev–Trinajstić information content (AvgIpc) is 3.16. The fraction of sp³-hybridized carbons (Fsp3) is 0.750. The van der Waals surface area contributed by atoms with Crippen molar-refractivity contribution in [2.45, 2.75) is 48.8 Å². The van der Waals surface area contributed by atoms with Crippen molar-refractivity contribution in [2.75, 3.05) is 24.8 Å². The molecular weight excluding hydrogens is 298 g/mol. The third-order valence-corrected chi connectivity index (χ3v) is 6.52. The second-order valence-electron chi connectivity index (χ2n) is 5.06. The number of ether oxygens (including phenoxy) is 1. The predicted octanol–water partition coefficient (Wildman–Crippen LogP) is 1.89. The van der Waals surface area contributed by atoms with Gasteiger partial charge in [0.05, 0.1) is 17.9 Å². The molecule has 0 radical (unpaired) electrons. The summed E-state index contributed by atoms with van der Waals surface area (Å²) in [5, 5.41) is 3.49. The van der Waals surface area contributed by atoms with Crippen molar-refractivity contribution in [2.24, 2.45) is 0 Å². The van der Waals surface area contributed by atoms with E-state index in [9.17, 15) is 8.42 Å². The van der Waals surface area contributed by atoms with Gasteiger partial charge in [-0.05, 0) is 30.8 Å². The van der Waals surface area contributed by atoms with Crippen molar-refractivity contribution in [3.8, 4) is 0 Å². The first-order chi connectivity index (χ1) is 9.50. The maximum atomic E-state index is 12.4. The van der Waals surface area contributed by atoms with Crippen molar-refractivity contribution in [1.29, 1.82) is 0 Å². The molecule has 3 N–H and O–H groups in total. The molecule has 0 aromatic carbocycles. The largest absolute Gasteiger partial charge is 0.383 e. The summed E-state index contributed by atoms with van der Waals surface area (Å²) in [6.45, 7) is 2.60. The summed E-state index contributed by atoms with van der Waals surface area (Å²) in [5.74, 6) is 0.108. The Morgan fingerprint density at radius 2 is 2.25 bits per heavy atom. The van der Waals surface area contributed by atoms with E-state index in [0.29, 0.717) is 24.4 Å². The van der Waals surface area contributed by atoms with E-state index < -0.39 is 9.84 Å². The number of anilines is 2. The number of methoxy groups -OCH3 is 1. The van der Waals surface area contributed by atoms with Crippen LogP contribution in [0.1, 0.15) is 32.6 Å². The summed E-state index contributed by atoms with van der Waals surface area (Å²) in [6, 6.07) is 0.0676. The molecule has 1 aliphatic rings. The lowest BCUT2D eigenvalue weighted by molar-refractivity contribution is 0.182. The number of aromatic nitrogens is 1. The Morgan fingerprint density at radius 1 is 1.55 bits per heavy atom. The molecular formula is C12H21N3O3S2. The number of nitrogens with one attached hydrogen (secondary N) is 1. The fourth-order valence-electron chi connectivity index (χ4n) is 2.14. The second-order valence-corrected chi connectivity index (χ2v) is 7.99. The zero-order chi connectivity index (χ0) is 14.8. The van der Waals surface area contributed by atoms with Crippen molar-refractivity contribution < 1.29 is 13.2 Å². The molecule has 1 atom stereocenters. The first kappa shape index (κ1) is 15.5. The molecule has 6 nitrogen and oxygen atoms in total. The third-order valence-electron chi connectivity index (χ3n) is 3.26. The molecule has 0 saturated heterocycles. The van der Waals surface area contributed by atoms with Crippen LogP contribution in [0.3, 0.4) is 0 Å². The first-order valence-corrected chi connectivity index (χ1v) is 9.07. The van der Waals surface area contributed by atoms with Crippen molar-refractivity contribution >= 4 is 32.2 Å². The number of nitrogens with zero attached hydrogens (tertiary/aromatic N) is 1. The number of sulfone groups is 1. The molecule has 1 aromatic heterocycles. The molecule has 8 heteroatoms. The quantitative estimate of drug-likeness (QED) is 0.760. The van der Waals surface area contributed by atoms with Crippen LogP contribution in [0.2, 0.25) is 0 Å². The molecule has 0 bridgehead atoms. The highest BCUT2D eigenvalue weighted by atomic mass is 32.2. The highest BCUT2D eigenvalue weighted by Crippen LogP contribution is 2.41. The van der Waals surface area contributed by atoms with Crippen LogP contribution in [0.5, 0.6) is 0 Å². The van der Waals surface area contributed by atoms with Gasteiger partial charge in [0.25, 0.3) is 0 Å². The maximum absolute atomic E-state index is 12.4. The Kier molecular flexibility index (Phi) is 4.87. The number of rotatable bonds is 8. The highest BCUT2D eigenvalue weighted by molar-refractivity contribution is 7.92. The van der Waals surface area contributed by atoms with Crippen LogP contribution in [0.4, 0.5) is 10.8 Å². The molecule has 0 spiro atoms. The Hall–Kier alpha value is -0.860. The van der Waals surface area contributed by atoms with Gasteiger partial charge in [0.15, 0.2) is 15.7 Å². The van der Waals surface area contributed by atoms with Crippen LogP contribution < -0.4 is 11.1 Å². The molecule has 0 amide bonds. The molecule has 0 aliphatic heterocycles. The van der Waals surface area contributed by atoms with E-state index in [1.54, 1.807) is 7.11 Å². The zero-order valence-corrected chi connectivity index (χ0v) is 13.4. The highest BCUT2D eigenvalue weighted by Gasteiger charge is 2.41. The van der Waals surface area contributed by atoms with Crippen molar-refractivity contribution in [3.63, 3.8) is 0 Å². The van der Waals surface area contributed by atoms with E-state index in [1.807, 2.05) is 0 Å². The summed E-state index contributed by atoms with van der Waals surface area (Å²) in [7, 11) is -1.71. The summed E-state index contributed by atoms with van der Waals surface area (Å²) in [6.07, 6.45) is 3.32. The van der Waals surface area contributed by atoms with Crippen LogP contribution in [-0.4, -0.2) is 37.8 Å². The molecule has 1 heterocycles. The van der Waals surface area contributed by atoms with E-state index >= 15 is 0 Å². The van der Waals surface area contributed by atoms with Crippen LogP contribution in [-0.2, 0) is 14.6 Å². The standard InChI is InChI=1S/C12H21N3O3S2/c1-3-4-8(7-18-2)14-12-10(11(13)15-19-12)20(16,17)9-5-6-9/h8-9,14H,3-7H2,1-2H3,(H2,13,15). The lowest BCUT2D eigenvalue weighted by Crippen LogP contribution is -2.25. The Balaban J connectivity index is 2.24. The summed E-state index contributed by atoms with van der Waals surface area (Å²) in [4.78, 5) is 0.183. The second kappa shape index (κ2) is 6.28. The molecule has 1 aliphatic carbocycles. The number of hydrogen-bond donors (Lipinski definition) is 2. The normalized spacial score (nSPS) is 17.1. The van der Waals surface area contributed by atoms with Crippen molar-refractivity contribution in [1.82, 2.24) is 4.37 Å². The minimum Gasteiger partial charge on any atom is -0.383 e.